The van der Waals surface area contributed by atoms with E-state index in [9.17, 15) is 27.9 Å². The summed E-state index contributed by atoms with van der Waals surface area (Å²) in [5.41, 5.74) is -3.32. The summed E-state index contributed by atoms with van der Waals surface area (Å²) in [7, 11) is 1.17. The van der Waals surface area contributed by atoms with Gasteiger partial charge in [-0.1, -0.05) is 54.4 Å². The number of ether oxygens (including phenoxy) is 1. The molecule has 0 amide bonds. The maximum atomic E-state index is 13.8. The average Bonchev–Trinajstić information content (AvgIpc) is 2.82. The van der Waals surface area contributed by atoms with E-state index in [0.717, 1.165) is 18.3 Å². The highest BCUT2D eigenvalue weighted by Gasteiger charge is 2.59. The summed E-state index contributed by atoms with van der Waals surface area (Å²) in [6, 6.07) is 14.0. The second-order valence-electron chi connectivity index (χ2n) is 7.25. The molecule has 2 aromatic carbocycles. The minimum Gasteiger partial charge on any atom is -0.478 e. The van der Waals surface area contributed by atoms with Crippen LogP contribution < -0.4 is 0 Å². The minimum absolute atomic E-state index is 0.00656. The summed E-state index contributed by atoms with van der Waals surface area (Å²) >= 11 is 11.8. The average molecular weight is 530 g/mol. The molecular weight excluding hydrogens is 510 g/mol. The van der Waals surface area contributed by atoms with Crippen LogP contribution in [-0.2, 0) is 10.3 Å². The van der Waals surface area contributed by atoms with Crippen molar-refractivity contribution in [3.05, 3.63) is 99.3 Å². The zero-order chi connectivity index (χ0) is 26.4. The van der Waals surface area contributed by atoms with E-state index in [4.69, 9.17) is 28.3 Å². The topological polar surface area (TPSA) is 96.7 Å². The number of rotatable bonds is 5. The number of carbonyl (C=O) groups is 2. The van der Waals surface area contributed by atoms with Crippen LogP contribution in [0.5, 0.6) is 0 Å². The van der Waals surface area contributed by atoms with Gasteiger partial charge >= 0.3 is 18.1 Å². The van der Waals surface area contributed by atoms with E-state index in [1.807, 2.05) is 0 Å². The normalized spacial score (nSPS) is 13.6. The molecule has 186 valence electrons. The Morgan fingerprint density at radius 2 is 1.63 bits per heavy atom. The van der Waals surface area contributed by atoms with Gasteiger partial charge in [-0.15, -0.1) is 0 Å². The van der Waals surface area contributed by atoms with E-state index in [1.54, 1.807) is 30.3 Å². The van der Waals surface area contributed by atoms with Crippen molar-refractivity contribution in [3.8, 4) is 0 Å². The number of carboxylic acid groups (broad SMARTS) is 1. The van der Waals surface area contributed by atoms with Crippen molar-refractivity contribution in [1.29, 1.82) is 0 Å². The molecule has 11 heteroatoms. The Kier molecular flexibility index (Phi) is 9.25. The van der Waals surface area contributed by atoms with Crippen LogP contribution in [0.2, 0.25) is 10.2 Å². The standard InChI is InChI=1S/C17H14Cl2F3NO3.C7H6O2/c1-9(12-4-3-10(7-13(12)18)15(24)26-2)16(25,17(20,21)22)11-5-6-23-14(19)8-11;8-7(9)6-4-2-1-3-5-6/h3-9,25H,1-2H3;1-5H,(H,8,9). The highest BCUT2D eigenvalue weighted by atomic mass is 35.5. The summed E-state index contributed by atoms with van der Waals surface area (Å²) in [4.78, 5) is 25.4. The summed E-state index contributed by atoms with van der Waals surface area (Å²) in [5, 5.41) is 18.7. The van der Waals surface area contributed by atoms with Crippen molar-refractivity contribution in [2.45, 2.75) is 24.6 Å². The van der Waals surface area contributed by atoms with Crippen molar-refractivity contribution in [1.82, 2.24) is 4.98 Å². The van der Waals surface area contributed by atoms with Gasteiger partial charge in [0.25, 0.3) is 0 Å². The molecule has 3 rings (SSSR count). The SMILES string of the molecule is COC(=O)c1ccc(C(C)C(O)(c2ccnc(Cl)c2)C(F)(F)F)c(Cl)c1.O=C(O)c1ccccc1. The largest absolute Gasteiger partial charge is 0.478 e. The summed E-state index contributed by atoms with van der Waals surface area (Å²) in [6.45, 7) is 1.18. The quantitative estimate of drug-likeness (QED) is 0.305. The number of aromatic carboxylic acids is 1. The Balaban J connectivity index is 0.000000402. The Hall–Kier alpha value is -3.14. The highest BCUT2D eigenvalue weighted by molar-refractivity contribution is 6.31. The number of carboxylic acids is 1. The molecule has 0 radical (unpaired) electrons. The Bertz CT molecular complexity index is 1190. The van der Waals surface area contributed by atoms with Crippen LogP contribution >= 0.6 is 23.2 Å². The van der Waals surface area contributed by atoms with Gasteiger partial charge in [-0.3, -0.25) is 0 Å². The lowest BCUT2D eigenvalue weighted by Crippen LogP contribution is -2.46. The smallest absolute Gasteiger partial charge is 0.422 e. The first-order valence-electron chi connectivity index (χ1n) is 9.90. The van der Waals surface area contributed by atoms with Crippen LogP contribution in [-0.4, -0.2) is 40.4 Å². The number of pyridine rings is 1. The molecule has 0 aliphatic carbocycles. The number of nitrogens with zero attached hydrogens (tertiary/aromatic N) is 1. The lowest BCUT2D eigenvalue weighted by molar-refractivity contribution is -0.274. The molecule has 2 N–H and O–H groups in total. The van der Waals surface area contributed by atoms with Crippen molar-refractivity contribution in [2.24, 2.45) is 0 Å². The molecule has 0 saturated carbocycles. The molecule has 0 bridgehead atoms. The third-order valence-corrected chi connectivity index (χ3v) is 5.67. The van der Waals surface area contributed by atoms with Crippen molar-refractivity contribution in [3.63, 3.8) is 0 Å². The van der Waals surface area contributed by atoms with Crippen LogP contribution in [0, 0.1) is 0 Å². The first-order chi connectivity index (χ1) is 16.3. The molecule has 0 fully saturated rings. The Labute approximate surface area is 208 Å². The Morgan fingerprint density at radius 3 is 2.09 bits per heavy atom. The predicted molar refractivity (Wildman–Crippen MR) is 124 cm³/mol. The van der Waals surface area contributed by atoms with Crippen LogP contribution in [0.4, 0.5) is 13.2 Å². The Morgan fingerprint density at radius 1 is 1.00 bits per heavy atom. The first-order valence-corrected chi connectivity index (χ1v) is 10.7. The molecule has 1 heterocycles. The molecular formula is C24H20Cl2F3NO5. The van der Waals surface area contributed by atoms with Gasteiger partial charge in [0.15, 0.2) is 5.60 Å². The van der Waals surface area contributed by atoms with Gasteiger partial charge in [0.2, 0.25) is 0 Å². The van der Waals surface area contributed by atoms with E-state index >= 15 is 0 Å². The van der Waals surface area contributed by atoms with Gasteiger partial charge < -0.3 is 14.9 Å². The van der Waals surface area contributed by atoms with E-state index in [-0.39, 0.29) is 21.3 Å². The number of hydrogen-bond acceptors (Lipinski definition) is 5. The number of benzene rings is 2. The maximum absolute atomic E-state index is 13.8. The number of hydrogen-bond donors (Lipinski definition) is 2. The molecule has 0 aliphatic rings. The third-order valence-electron chi connectivity index (χ3n) is 5.13. The van der Waals surface area contributed by atoms with Crippen LogP contribution in [0.15, 0.2) is 66.9 Å². The summed E-state index contributed by atoms with van der Waals surface area (Å²) in [5.74, 6) is -3.06. The van der Waals surface area contributed by atoms with Crippen LogP contribution in [0.1, 0.15) is 44.7 Å². The molecule has 0 aliphatic heterocycles. The lowest BCUT2D eigenvalue weighted by Gasteiger charge is -2.37. The van der Waals surface area contributed by atoms with Crippen LogP contribution in [0.3, 0.4) is 0 Å². The third kappa shape index (κ3) is 6.50. The summed E-state index contributed by atoms with van der Waals surface area (Å²) < 4.78 is 46.0. The zero-order valence-corrected chi connectivity index (χ0v) is 19.9. The van der Waals surface area contributed by atoms with E-state index in [0.29, 0.717) is 5.56 Å². The fourth-order valence-electron chi connectivity index (χ4n) is 3.23. The fraction of sp³-hybridized carbons (Fsp3) is 0.208. The number of aliphatic hydroxyl groups is 1. The number of carbonyl (C=O) groups excluding carboxylic acids is 1. The lowest BCUT2D eigenvalue weighted by atomic mass is 9.78. The number of esters is 1. The molecule has 0 saturated heterocycles. The molecule has 35 heavy (non-hydrogen) atoms. The van der Waals surface area contributed by atoms with Gasteiger partial charge in [-0.25, -0.2) is 14.6 Å². The van der Waals surface area contributed by atoms with E-state index in [1.165, 1.54) is 32.2 Å². The summed E-state index contributed by atoms with van der Waals surface area (Å²) in [6.07, 6.45) is -3.95. The predicted octanol–water partition coefficient (Wildman–Crippen LogP) is 6.11. The van der Waals surface area contributed by atoms with Crippen molar-refractivity contribution >= 4 is 35.1 Å². The van der Waals surface area contributed by atoms with E-state index in [2.05, 4.69) is 9.72 Å². The van der Waals surface area contributed by atoms with E-state index < -0.39 is 35.2 Å². The fourth-order valence-corrected chi connectivity index (χ4v) is 3.75. The number of methoxy groups -OCH3 is 1. The molecule has 2 unspecified atom stereocenters. The van der Waals surface area contributed by atoms with Gasteiger partial charge in [0.1, 0.15) is 5.15 Å². The molecule has 3 aromatic rings. The van der Waals surface area contributed by atoms with Crippen LogP contribution in [0.25, 0.3) is 0 Å². The highest BCUT2D eigenvalue weighted by Crippen LogP contribution is 2.49. The molecule has 1 aromatic heterocycles. The number of halogens is 5. The second kappa shape index (κ2) is 11.5. The maximum Gasteiger partial charge on any atom is 0.422 e. The minimum atomic E-state index is -5.03. The van der Waals surface area contributed by atoms with Gasteiger partial charge in [0, 0.05) is 17.1 Å². The zero-order valence-electron chi connectivity index (χ0n) is 18.4. The van der Waals surface area contributed by atoms with Crippen molar-refractivity contribution in [2.75, 3.05) is 7.11 Å². The number of aromatic nitrogens is 1. The first kappa shape index (κ1) is 28.1. The molecule has 0 spiro atoms. The number of alkyl halides is 3. The van der Waals surface area contributed by atoms with Crippen molar-refractivity contribution < 1.29 is 37.7 Å². The monoisotopic (exact) mass is 529 g/mol. The van der Waals surface area contributed by atoms with Gasteiger partial charge in [-0.2, -0.15) is 13.2 Å². The molecule has 6 nitrogen and oxygen atoms in total. The van der Waals surface area contributed by atoms with Gasteiger partial charge in [-0.05, 0) is 47.5 Å². The van der Waals surface area contributed by atoms with Gasteiger partial charge in [0.05, 0.1) is 18.2 Å². The molecule has 2 atom stereocenters. The second-order valence-corrected chi connectivity index (χ2v) is 8.05.